The second kappa shape index (κ2) is 5.00. The van der Waals surface area contributed by atoms with Gasteiger partial charge in [0.05, 0.1) is 0 Å². The smallest absolute Gasteiger partial charge is 0.257 e. The molecule has 2 nitrogen and oxygen atoms in total. The summed E-state index contributed by atoms with van der Waals surface area (Å²) < 4.78 is 54.5. The van der Waals surface area contributed by atoms with E-state index in [1.54, 1.807) is 0 Å². The first-order valence-electron chi connectivity index (χ1n) is 7.03. The van der Waals surface area contributed by atoms with Gasteiger partial charge in [-0.15, -0.1) is 0 Å². The predicted octanol–water partition coefficient (Wildman–Crippen LogP) is 3.47. The summed E-state index contributed by atoms with van der Waals surface area (Å²) in [7, 11) is 0. The van der Waals surface area contributed by atoms with Crippen molar-refractivity contribution >= 4 is 5.91 Å². The van der Waals surface area contributed by atoms with Crippen LogP contribution in [0.25, 0.3) is 0 Å². The predicted molar refractivity (Wildman–Crippen MR) is 67.7 cm³/mol. The number of carbonyl (C=O) groups excluding carboxylic acids is 1. The van der Waals surface area contributed by atoms with Gasteiger partial charge in [-0.2, -0.15) is 0 Å². The molecule has 1 aromatic rings. The number of rotatable bonds is 2. The molecule has 2 saturated carbocycles. The van der Waals surface area contributed by atoms with E-state index in [1.165, 1.54) is 0 Å². The molecular weight excluding hydrogens is 286 g/mol. The number of benzene rings is 1. The maximum Gasteiger partial charge on any atom is 0.257 e. The molecule has 1 N–H and O–H groups in total. The summed E-state index contributed by atoms with van der Waals surface area (Å²) in [4.78, 5) is 12.0. The summed E-state index contributed by atoms with van der Waals surface area (Å²) in [6.45, 7) is 0.925. The first kappa shape index (κ1) is 14.4. The zero-order valence-electron chi connectivity index (χ0n) is 11.5. The molecule has 2 aliphatic rings. The van der Waals surface area contributed by atoms with Gasteiger partial charge in [0.2, 0.25) is 0 Å². The normalized spacial score (nSPS) is 27.2. The van der Waals surface area contributed by atoms with Crippen molar-refractivity contribution in [1.82, 2.24) is 5.32 Å². The SMILES string of the molecule is Cc1c(F)c(F)c(C(=O)N[C@@H]2CC3CCC2C3)c(F)c1F. The Hall–Kier alpha value is -1.59. The minimum absolute atomic E-state index is 0.164. The van der Waals surface area contributed by atoms with Crippen LogP contribution in [0.15, 0.2) is 0 Å². The number of fused-ring (bicyclic) bond motifs is 2. The van der Waals surface area contributed by atoms with E-state index in [2.05, 4.69) is 5.32 Å². The molecule has 0 aliphatic heterocycles. The first-order chi connectivity index (χ1) is 9.90. The van der Waals surface area contributed by atoms with Gasteiger partial charge in [-0.1, -0.05) is 6.42 Å². The number of nitrogens with one attached hydrogen (secondary N) is 1. The number of halogens is 4. The van der Waals surface area contributed by atoms with E-state index >= 15 is 0 Å². The summed E-state index contributed by atoms with van der Waals surface area (Å²) in [6.07, 6.45) is 3.83. The average Bonchev–Trinajstić information content (AvgIpc) is 3.05. The number of carbonyl (C=O) groups is 1. The fourth-order valence-electron chi connectivity index (χ4n) is 3.60. The van der Waals surface area contributed by atoms with Gasteiger partial charge in [0, 0.05) is 11.6 Å². The van der Waals surface area contributed by atoms with Gasteiger partial charge in [0.15, 0.2) is 23.3 Å². The third-order valence-corrected chi connectivity index (χ3v) is 4.76. The van der Waals surface area contributed by atoms with Crippen LogP contribution in [0.3, 0.4) is 0 Å². The third kappa shape index (κ3) is 2.21. The molecule has 1 amide bonds. The van der Waals surface area contributed by atoms with Crippen molar-refractivity contribution in [3.8, 4) is 0 Å². The van der Waals surface area contributed by atoms with Crippen LogP contribution in [-0.4, -0.2) is 11.9 Å². The summed E-state index contributed by atoms with van der Waals surface area (Å²) in [5.74, 6) is -6.56. The molecule has 0 radical (unpaired) electrons. The molecule has 0 heterocycles. The van der Waals surface area contributed by atoms with Gasteiger partial charge in [0.1, 0.15) is 5.56 Å². The Morgan fingerprint density at radius 2 is 1.62 bits per heavy atom. The molecule has 2 aliphatic carbocycles. The van der Waals surface area contributed by atoms with Crippen molar-refractivity contribution in [2.75, 3.05) is 0 Å². The Morgan fingerprint density at radius 1 is 1.00 bits per heavy atom. The Kier molecular flexibility index (Phi) is 3.42. The van der Waals surface area contributed by atoms with E-state index in [0.29, 0.717) is 11.8 Å². The van der Waals surface area contributed by atoms with E-state index < -0.39 is 40.3 Å². The van der Waals surface area contributed by atoms with Crippen molar-refractivity contribution < 1.29 is 22.4 Å². The van der Waals surface area contributed by atoms with Crippen molar-refractivity contribution in [3.05, 3.63) is 34.4 Å². The lowest BCUT2D eigenvalue weighted by Gasteiger charge is -2.23. The zero-order valence-corrected chi connectivity index (χ0v) is 11.5. The summed E-state index contributed by atoms with van der Waals surface area (Å²) in [5.41, 5.74) is -1.93. The fraction of sp³-hybridized carbons (Fsp3) is 0.533. The monoisotopic (exact) mass is 301 g/mol. The lowest BCUT2D eigenvalue weighted by Crippen LogP contribution is -2.39. The Morgan fingerprint density at radius 3 is 2.10 bits per heavy atom. The molecule has 114 valence electrons. The summed E-state index contributed by atoms with van der Waals surface area (Å²) in [6, 6.07) is -0.164. The van der Waals surface area contributed by atoms with Crippen molar-refractivity contribution in [2.45, 2.75) is 38.6 Å². The van der Waals surface area contributed by atoms with Crippen LogP contribution in [0.4, 0.5) is 17.6 Å². The van der Waals surface area contributed by atoms with E-state index in [9.17, 15) is 22.4 Å². The van der Waals surface area contributed by atoms with Crippen LogP contribution in [0.2, 0.25) is 0 Å². The molecule has 3 rings (SSSR count). The molecule has 2 bridgehead atoms. The van der Waals surface area contributed by atoms with Gasteiger partial charge in [-0.3, -0.25) is 4.79 Å². The van der Waals surface area contributed by atoms with Gasteiger partial charge in [-0.25, -0.2) is 17.6 Å². The maximum atomic E-state index is 13.8. The molecule has 2 fully saturated rings. The zero-order chi connectivity index (χ0) is 15.3. The molecule has 3 atom stereocenters. The Labute approximate surface area is 119 Å². The second-order valence-electron chi connectivity index (χ2n) is 6.01. The van der Waals surface area contributed by atoms with E-state index in [-0.39, 0.29) is 6.04 Å². The van der Waals surface area contributed by atoms with Crippen LogP contribution in [0.1, 0.15) is 41.6 Å². The van der Waals surface area contributed by atoms with Crippen molar-refractivity contribution in [3.63, 3.8) is 0 Å². The molecule has 6 heteroatoms. The highest BCUT2D eigenvalue weighted by Crippen LogP contribution is 2.44. The summed E-state index contributed by atoms with van der Waals surface area (Å²) in [5, 5.41) is 2.53. The van der Waals surface area contributed by atoms with Gasteiger partial charge >= 0.3 is 0 Å². The minimum Gasteiger partial charge on any atom is -0.349 e. The van der Waals surface area contributed by atoms with Crippen LogP contribution in [-0.2, 0) is 0 Å². The van der Waals surface area contributed by atoms with E-state index in [1.807, 2.05) is 0 Å². The lowest BCUT2D eigenvalue weighted by molar-refractivity contribution is 0.0911. The van der Waals surface area contributed by atoms with Gasteiger partial charge < -0.3 is 5.32 Å². The fourth-order valence-corrected chi connectivity index (χ4v) is 3.60. The second-order valence-corrected chi connectivity index (χ2v) is 6.01. The standard InChI is InChI=1S/C15H15F4NO/c1-6-11(16)13(18)10(14(19)12(6)17)15(21)20-9-5-7-2-3-8(9)4-7/h7-9H,2-5H2,1H3,(H,20,21)/t7?,8?,9-/m1/s1. The van der Waals surface area contributed by atoms with E-state index in [4.69, 9.17) is 0 Å². The minimum atomic E-state index is -1.63. The van der Waals surface area contributed by atoms with Gasteiger partial charge in [0.25, 0.3) is 5.91 Å². The van der Waals surface area contributed by atoms with Crippen LogP contribution in [0.5, 0.6) is 0 Å². The summed E-state index contributed by atoms with van der Waals surface area (Å²) >= 11 is 0. The highest BCUT2D eigenvalue weighted by atomic mass is 19.2. The third-order valence-electron chi connectivity index (χ3n) is 4.76. The maximum absolute atomic E-state index is 13.8. The molecule has 0 saturated heterocycles. The molecule has 0 aromatic heterocycles. The number of hydrogen-bond donors (Lipinski definition) is 1. The number of hydrogen-bond acceptors (Lipinski definition) is 1. The molecule has 2 unspecified atom stereocenters. The number of amides is 1. The van der Waals surface area contributed by atoms with Crippen LogP contribution >= 0.6 is 0 Å². The largest absolute Gasteiger partial charge is 0.349 e. The topological polar surface area (TPSA) is 29.1 Å². The van der Waals surface area contributed by atoms with Crippen molar-refractivity contribution in [2.24, 2.45) is 11.8 Å². The van der Waals surface area contributed by atoms with Crippen molar-refractivity contribution in [1.29, 1.82) is 0 Å². The highest BCUT2D eigenvalue weighted by molar-refractivity contribution is 5.95. The van der Waals surface area contributed by atoms with Crippen LogP contribution < -0.4 is 5.32 Å². The van der Waals surface area contributed by atoms with Gasteiger partial charge in [-0.05, 0) is 38.0 Å². The molecule has 0 spiro atoms. The molecule has 21 heavy (non-hydrogen) atoms. The molecule has 1 aromatic carbocycles. The molecular formula is C15H15F4NO. The quantitative estimate of drug-likeness (QED) is 0.658. The Balaban J connectivity index is 1.88. The first-order valence-corrected chi connectivity index (χ1v) is 7.03. The van der Waals surface area contributed by atoms with Crippen LogP contribution in [0, 0.1) is 42.0 Å². The Bertz CT molecular complexity index is 587. The highest BCUT2D eigenvalue weighted by Gasteiger charge is 2.41. The average molecular weight is 301 g/mol. The van der Waals surface area contributed by atoms with E-state index in [0.717, 1.165) is 32.6 Å². The lowest BCUT2D eigenvalue weighted by atomic mass is 9.95.